The van der Waals surface area contributed by atoms with Crippen molar-refractivity contribution in [3.05, 3.63) is 0 Å². The molecule has 0 bridgehead atoms. The maximum Gasteiger partial charge on any atom is 0.0684 e. The van der Waals surface area contributed by atoms with Crippen LogP contribution in [-0.2, 0) is 4.74 Å². The van der Waals surface area contributed by atoms with E-state index in [2.05, 4.69) is 38.2 Å². The van der Waals surface area contributed by atoms with Crippen molar-refractivity contribution in [2.24, 2.45) is 11.3 Å². The molecule has 0 aromatic heterocycles. The van der Waals surface area contributed by atoms with Gasteiger partial charge in [0.1, 0.15) is 0 Å². The van der Waals surface area contributed by atoms with Gasteiger partial charge in [0.05, 0.1) is 6.10 Å². The number of nitrogens with one attached hydrogen (secondary N) is 1. The van der Waals surface area contributed by atoms with Gasteiger partial charge < -0.3 is 15.0 Å². The molecule has 1 saturated heterocycles. The summed E-state index contributed by atoms with van der Waals surface area (Å²) in [6.07, 6.45) is 9.99. The molecule has 3 unspecified atom stereocenters. The van der Waals surface area contributed by atoms with Crippen LogP contribution in [0, 0.1) is 11.3 Å². The summed E-state index contributed by atoms with van der Waals surface area (Å²) in [5, 5.41) is 3.98. The van der Waals surface area contributed by atoms with Gasteiger partial charge in [0.25, 0.3) is 0 Å². The van der Waals surface area contributed by atoms with E-state index in [-0.39, 0.29) is 0 Å². The standard InChI is InChI=1S/C18H34N2O/c1-17(2)15(14-9-8-12-21-16(14)17)19-13-18(20(3)4)10-6-5-7-11-18/h14-16,19H,5-13H2,1-4H3. The Bertz CT molecular complexity index is 360. The second-order valence-corrected chi connectivity index (χ2v) is 8.46. The molecule has 1 heterocycles. The molecule has 21 heavy (non-hydrogen) atoms. The topological polar surface area (TPSA) is 24.5 Å². The monoisotopic (exact) mass is 294 g/mol. The summed E-state index contributed by atoms with van der Waals surface area (Å²) in [7, 11) is 4.54. The highest BCUT2D eigenvalue weighted by Gasteiger charge is 2.58. The second kappa shape index (κ2) is 5.82. The summed E-state index contributed by atoms with van der Waals surface area (Å²) in [5.74, 6) is 0.747. The lowest BCUT2D eigenvalue weighted by molar-refractivity contribution is -0.194. The van der Waals surface area contributed by atoms with Crippen molar-refractivity contribution in [2.75, 3.05) is 27.2 Å². The lowest BCUT2D eigenvalue weighted by atomic mass is 9.55. The first-order chi connectivity index (χ1) is 9.97. The minimum absolute atomic E-state index is 0.299. The minimum Gasteiger partial charge on any atom is -0.377 e. The van der Waals surface area contributed by atoms with E-state index in [1.807, 2.05) is 0 Å². The summed E-state index contributed by atoms with van der Waals surface area (Å²) in [5.41, 5.74) is 0.683. The van der Waals surface area contributed by atoms with Gasteiger partial charge in [-0.3, -0.25) is 0 Å². The van der Waals surface area contributed by atoms with Gasteiger partial charge in [-0.1, -0.05) is 33.1 Å². The quantitative estimate of drug-likeness (QED) is 0.862. The van der Waals surface area contributed by atoms with E-state index >= 15 is 0 Å². The first-order valence-corrected chi connectivity index (χ1v) is 9.00. The fraction of sp³-hybridized carbons (Fsp3) is 1.00. The Kier molecular flexibility index (Phi) is 4.37. The molecule has 122 valence electrons. The molecule has 2 aliphatic carbocycles. The number of hydrogen-bond donors (Lipinski definition) is 1. The Morgan fingerprint density at radius 2 is 1.81 bits per heavy atom. The average Bonchev–Trinajstić information content (AvgIpc) is 2.48. The van der Waals surface area contributed by atoms with Crippen LogP contribution in [0.4, 0.5) is 0 Å². The van der Waals surface area contributed by atoms with E-state index in [1.165, 1.54) is 44.9 Å². The molecule has 0 radical (unpaired) electrons. The lowest BCUT2D eigenvalue weighted by Crippen LogP contribution is -2.71. The van der Waals surface area contributed by atoms with Gasteiger partial charge in [-0.25, -0.2) is 0 Å². The van der Waals surface area contributed by atoms with Crippen molar-refractivity contribution in [3.8, 4) is 0 Å². The molecule has 3 heteroatoms. The smallest absolute Gasteiger partial charge is 0.0684 e. The summed E-state index contributed by atoms with van der Waals surface area (Å²) in [6.45, 7) is 6.90. The van der Waals surface area contributed by atoms with Crippen LogP contribution < -0.4 is 5.32 Å². The highest BCUT2D eigenvalue weighted by atomic mass is 16.5. The summed E-state index contributed by atoms with van der Waals surface area (Å²) in [6, 6.07) is 0.640. The van der Waals surface area contributed by atoms with Gasteiger partial charge in [0.15, 0.2) is 0 Å². The van der Waals surface area contributed by atoms with E-state index in [9.17, 15) is 0 Å². The summed E-state index contributed by atoms with van der Waals surface area (Å²) >= 11 is 0. The molecule has 2 saturated carbocycles. The van der Waals surface area contributed by atoms with Gasteiger partial charge in [-0.05, 0) is 39.8 Å². The predicted octanol–water partition coefficient (Wildman–Crippen LogP) is 3.04. The van der Waals surface area contributed by atoms with E-state index < -0.39 is 0 Å². The van der Waals surface area contributed by atoms with Gasteiger partial charge in [0.2, 0.25) is 0 Å². The Balaban J connectivity index is 1.63. The van der Waals surface area contributed by atoms with E-state index in [1.54, 1.807) is 0 Å². The fourth-order valence-corrected chi connectivity index (χ4v) is 5.23. The third-order valence-electron chi connectivity index (χ3n) is 6.72. The Labute approximate surface area is 130 Å². The van der Waals surface area contributed by atoms with Crippen LogP contribution in [0.25, 0.3) is 0 Å². The largest absolute Gasteiger partial charge is 0.377 e. The summed E-state index contributed by atoms with van der Waals surface area (Å²) < 4.78 is 6.04. The number of rotatable bonds is 4. The normalized spacial score (nSPS) is 37.9. The van der Waals surface area contributed by atoms with Crippen LogP contribution in [0.3, 0.4) is 0 Å². The second-order valence-electron chi connectivity index (χ2n) is 8.46. The maximum atomic E-state index is 6.04. The van der Waals surface area contributed by atoms with E-state index in [0.717, 1.165) is 19.1 Å². The van der Waals surface area contributed by atoms with Crippen molar-refractivity contribution >= 4 is 0 Å². The average molecular weight is 294 g/mol. The van der Waals surface area contributed by atoms with Crippen molar-refractivity contribution < 1.29 is 4.74 Å². The molecule has 3 atom stereocenters. The zero-order valence-corrected chi connectivity index (χ0v) is 14.5. The zero-order chi connectivity index (χ0) is 15.1. The van der Waals surface area contributed by atoms with Crippen LogP contribution in [0.1, 0.15) is 58.8 Å². The molecule has 1 aliphatic heterocycles. The van der Waals surface area contributed by atoms with Gasteiger partial charge in [-0.2, -0.15) is 0 Å². The number of likely N-dealkylation sites (N-methyl/N-ethyl adjacent to an activating group) is 1. The molecule has 0 aromatic rings. The Morgan fingerprint density at radius 1 is 1.10 bits per heavy atom. The number of fused-ring (bicyclic) bond motifs is 1. The van der Waals surface area contributed by atoms with Crippen molar-refractivity contribution in [2.45, 2.75) is 76.5 Å². The Hall–Kier alpha value is -0.120. The van der Waals surface area contributed by atoms with E-state index in [4.69, 9.17) is 4.74 Å². The van der Waals surface area contributed by atoms with Gasteiger partial charge >= 0.3 is 0 Å². The lowest BCUT2D eigenvalue weighted by Gasteiger charge is -2.61. The minimum atomic E-state index is 0.299. The third kappa shape index (κ3) is 2.66. The molecule has 3 fully saturated rings. The molecule has 0 spiro atoms. The molecule has 1 N–H and O–H groups in total. The molecule has 0 aromatic carbocycles. The Morgan fingerprint density at radius 3 is 2.48 bits per heavy atom. The molecule has 3 aliphatic rings. The van der Waals surface area contributed by atoms with E-state index in [0.29, 0.717) is 23.1 Å². The number of ether oxygens (including phenoxy) is 1. The van der Waals surface area contributed by atoms with Crippen molar-refractivity contribution in [1.29, 1.82) is 0 Å². The highest BCUT2D eigenvalue weighted by molar-refractivity contribution is 5.11. The van der Waals surface area contributed by atoms with Gasteiger partial charge in [-0.15, -0.1) is 0 Å². The first-order valence-electron chi connectivity index (χ1n) is 9.00. The molecular formula is C18H34N2O. The van der Waals surface area contributed by atoms with Crippen LogP contribution in [0.5, 0.6) is 0 Å². The first kappa shape index (κ1) is 15.8. The number of hydrogen-bond acceptors (Lipinski definition) is 3. The molecule has 0 amide bonds. The third-order valence-corrected chi connectivity index (χ3v) is 6.72. The zero-order valence-electron chi connectivity index (χ0n) is 14.5. The van der Waals surface area contributed by atoms with Crippen LogP contribution in [0.15, 0.2) is 0 Å². The number of nitrogens with zero attached hydrogens (tertiary/aromatic N) is 1. The molecule has 3 nitrogen and oxygen atoms in total. The predicted molar refractivity (Wildman–Crippen MR) is 87.5 cm³/mol. The van der Waals surface area contributed by atoms with Crippen LogP contribution in [0.2, 0.25) is 0 Å². The van der Waals surface area contributed by atoms with Gasteiger partial charge in [0, 0.05) is 36.1 Å². The van der Waals surface area contributed by atoms with Crippen molar-refractivity contribution in [3.63, 3.8) is 0 Å². The molecule has 3 rings (SSSR count). The summed E-state index contributed by atoms with van der Waals surface area (Å²) in [4.78, 5) is 2.49. The maximum absolute atomic E-state index is 6.04. The SMILES string of the molecule is CN(C)C1(CNC2C3CCCOC3C2(C)C)CCCCC1. The molecular weight excluding hydrogens is 260 g/mol. The van der Waals surface area contributed by atoms with Crippen LogP contribution in [-0.4, -0.2) is 49.8 Å². The van der Waals surface area contributed by atoms with Crippen LogP contribution >= 0.6 is 0 Å². The van der Waals surface area contributed by atoms with Crippen molar-refractivity contribution in [1.82, 2.24) is 10.2 Å². The highest BCUT2D eigenvalue weighted by Crippen LogP contribution is 2.51. The fourth-order valence-electron chi connectivity index (χ4n) is 5.23.